The molecular weight excluding hydrogens is 493 g/mol. The molecule has 8 nitrogen and oxygen atoms in total. The van der Waals surface area contributed by atoms with E-state index in [1.54, 1.807) is 24.3 Å². The molecule has 1 aromatic carbocycles. The van der Waals surface area contributed by atoms with Crippen LogP contribution in [0.5, 0.6) is 0 Å². The molecule has 30 heavy (non-hydrogen) atoms. The van der Waals surface area contributed by atoms with Crippen molar-refractivity contribution < 1.29 is 4.42 Å². The van der Waals surface area contributed by atoms with E-state index >= 15 is 0 Å². The van der Waals surface area contributed by atoms with Gasteiger partial charge in [-0.05, 0) is 55.8 Å². The third kappa shape index (κ3) is 5.60. The molecular formula is C21H28IN7O. The molecule has 0 radical (unpaired) electrons. The molecule has 2 N–H and O–H groups in total. The maximum atomic E-state index is 5.69. The van der Waals surface area contributed by atoms with Gasteiger partial charge in [0.15, 0.2) is 5.96 Å². The highest BCUT2D eigenvalue weighted by Gasteiger charge is 2.25. The summed E-state index contributed by atoms with van der Waals surface area (Å²) in [5, 5.41) is 11.0. The van der Waals surface area contributed by atoms with Crippen molar-refractivity contribution in [2.75, 3.05) is 26.7 Å². The second kappa shape index (κ2) is 11.1. The number of halogens is 1. The number of nitrogens with zero attached hydrogens (tertiary/aromatic N) is 5. The fourth-order valence-corrected chi connectivity index (χ4v) is 3.65. The van der Waals surface area contributed by atoms with Gasteiger partial charge in [0, 0.05) is 20.1 Å². The largest absolute Gasteiger partial charge is 0.468 e. The molecule has 1 atom stereocenters. The number of nitrogens with one attached hydrogen (secondary N) is 2. The minimum atomic E-state index is 0. The minimum absolute atomic E-state index is 0. The molecule has 2 aromatic heterocycles. The molecule has 0 amide bonds. The minimum Gasteiger partial charge on any atom is -0.468 e. The fourth-order valence-electron chi connectivity index (χ4n) is 3.65. The van der Waals surface area contributed by atoms with Crippen molar-refractivity contribution in [1.82, 2.24) is 30.3 Å². The molecule has 4 rings (SSSR count). The first-order valence-electron chi connectivity index (χ1n) is 9.99. The smallest absolute Gasteiger partial charge is 0.191 e. The topological polar surface area (TPSA) is 83.5 Å². The number of rotatable bonds is 7. The second-order valence-electron chi connectivity index (χ2n) is 7.09. The Morgan fingerprint density at radius 1 is 1.17 bits per heavy atom. The molecule has 0 bridgehead atoms. The number of aliphatic imine (C=N–C) groups is 1. The number of likely N-dealkylation sites (tertiary alicyclic amines) is 1. The Hall–Kier alpha value is -2.40. The molecule has 1 saturated heterocycles. The Kier molecular flexibility index (Phi) is 8.26. The quantitative estimate of drug-likeness (QED) is 0.283. The summed E-state index contributed by atoms with van der Waals surface area (Å²) in [7, 11) is 1.79. The zero-order valence-corrected chi connectivity index (χ0v) is 19.4. The van der Waals surface area contributed by atoms with Crippen molar-refractivity contribution in [3.63, 3.8) is 0 Å². The predicted molar refractivity (Wildman–Crippen MR) is 127 cm³/mol. The van der Waals surface area contributed by atoms with E-state index in [4.69, 9.17) is 4.42 Å². The summed E-state index contributed by atoms with van der Waals surface area (Å²) in [6.07, 6.45) is 7.45. The SMILES string of the molecule is CN=C(NCc1ccc(-n2cncn2)cc1)NCC(c1ccco1)N1CCCC1.I. The Labute approximate surface area is 193 Å². The van der Waals surface area contributed by atoms with Crippen molar-refractivity contribution in [3.8, 4) is 5.69 Å². The molecule has 1 fully saturated rings. The van der Waals surface area contributed by atoms with Crippen LogP contribution in [-0.2, 0) is 6.54 Å². The summed E-state index contributed by atoms with van der Waals surface area (Å²) in [6.45, 7) is 3.65. The van der Waals surface area contributed by atoms with Gasteiger partial charge in [0.1, 0.15) is 18.4 Å². The van der Waals surface area contributed by atoms with Gasteiger partial charge in [-0.3, -0.25) is 9.89 Å². The van der Waals surface area contributed by atoms with Gasteiger partial charge in [0.25, 0.3) is 0 Å². The third-order valence-electron chi connectivity index (χ3n) is 5.22. The van der Waals surface area contributed by atoms with E-state index in [1.807, 2.05) is 18.2 Å². The van der Waals surface area contributed by atoms with Crippen molar-refractivity contribution in [3.05, 3.63) is 66.6 Å². The van der Waals surface area contributed by atoms with Gasteiger partial charge >= 0.3 is 0 Å². The van der Waals surface area contributed by atoms with Crippen molar-refractivity contribution in [2.45, 2.75) is 25.4 Å². The first-order valence-corrected chi connectivity index (χ1v) is 9.99. The molecule has 160 valence electrons. The van der Waals surface area contributed by atoms with E-state index in [0.29, 0.717) is 6.54 Å². The zero-order chi connectivity index (χ0) is 19.9. The lowest BCUT2D eigenvalue weighted by atomic mass is 10.2. The van der Waals surface area contributed by atoms with E-state index in [9.17, 15) is 0 Å². The molecule has 0 aliphatic carbocycles. The summed E-state index contributed by atoms with van der Waals surface area (Å²) < 4.78 is 7.43. The average Bonchev–Trinajstić information content (AvgIpc) is 3.54. The zero-order valence-electron chi connectivity index (χ0n) is 17.1. The Morgan fingerprint density at radius 3 is 2.60 bits per heavy atom. The van der Waals surface area contributed by atoms with Gasteiger partial charge in [-0.2, -0.15) is 5.10 Å². The molecule has 3 aromatic rings. The molecule has 1 aliphatic rings. The highest BCUT2D eigenvalue weighted by molar-refractivity contribution is 14.0. The van der Waals surface area contributed by atoms with Crippen LogP contribution >= 0.6 is 24.0 Å². The number of guanidine groups is 1. The number of benzene rings is 1. The lowest BCUT2D eigenvalue weighted by Gasteiger charge is -2.26. The van der Waals surface area contributed by atoms with E-state index in [1.165, 1.54) is 24.7 Å². The lowest BCUT2D eigenvalue weighted by Crippen LogP contribution is -2.42. The summed E-state index contributed by atoms with van der Waals surface area (Å²) in [5.74, 6) is 1.78. The maximum absolute atomic E-state index is 5.69. The van der Waals surface area contributed by atoms with Crippen LogP contribution < -0.4 is 10.6 Å². The summed E-state index contributed by atoms with van der Waals surface area (Å²) in [5.41, 5.74) is 2.15. The van der Waals surface area contributed by atoms with Gasteiger partial charge in [0.05, 0.1) is 18.0 Å². The van der Waals surface area contributed by atoms with E-state index in [0.717, 1.165) is 37.0 Å². The normalized spacial score (nSPS) is 15.6. The molecule has 9 heteroatoms. The summed E-state index contributed by atoms with van der Waals surface area (Å²) >= 11 is 0. The monoisotopic (exact) mass is 521 g/mol. The Bertz CT molecular complexity index is 888. The van der Waals surface area contributed by atoms with E-state index < -0.39 is 0 Å². The first kappa shape index (κ1) is 22.3. The van der Waals surface area contributed by atoms with Crippen molar-refractivity contribution >= 4 is 29.9 Å². The Morgan fingerprint density at radius 2 is 1.97 bits per heavy atom. The first-order chi connectivity index (χ1) is 14.3. The average molecular weight is 521 g/mol. The van der Waals surface area contributed by atoms with Gasteiger partial charge in [-0.1, -0.05) is 12.1 Å². The van der Waals surface area contributed by atoms with Crippen LogP contribution in [0.1, 0.15) is 30.2 Å². The molecule has 3 heterocycles. The van der Waals surface area contributed by atoms with Gasteiger partial charge in [0.2, 0.25) is 0 Å². The number of furan rings is 1. The van der Waals surface area contributed by atoms with Gasteiger partial charge in [-0.15, -0.1) is 24.0 Å². The van der Waals surface area contributed by atoms with Gasteiger partial charge in [-0.25, -0.2) is 9.67 Å². The highest BCUT2D eigenvalue weighted by Crippen LogP contribution is 2.24. The Balaban J connectivity index is 0.00000256. The fraction of sp³-hybridized carbons (Fsp3) is 0.381. The molecule has 1 unspecified atom stereocenters. The number of aromatic nitrogens is 3. The van der Waals surface area contributed by atoms with Crippen LogP contribution in [0.2, 0.25) is 0 Å². The van der Waals surface area contributed by atoms with Crippen LogP contribution in [0, 0.1) is 0 Å². The van der Waals surface area contributed by atoms with Crippen LogP contribution in [0.4, 0.5) is 0 Å². The molecule has 0 spiro atoms. The maximum Gasteiger partial charge on any atom is 0.191 e. The van der Waals surface area contributed by atoms with Crippen LogP contribution in [-0.4, -0.2) is 52.3 Å². The molecule has 1 aliphatic heterocycles. The standard InChI is InChI=1S/C21H27N7O.HI/c1-22-21(24-13-17-6-8-18(9-7-17)28-16-23-15-26-28)25-14-19(20-5-4-12-29-20)27-10-2-3-11-27;/h4-9,12,15-16,19H,2-3,10-11,13-14H2,1H3,(H2,22,24,25);1H. The summed E-state index contributed by atoms with van der Waals surface area (Å²) in [6, 6.07) is 12.4. The van der Waals surface area contributed by atoms with Crippen LogP contribution in [0.25, 0.3) is 5.69 Å². The number of hydrogen-bond donors (Lipinski definition) is 2. The van der Waals surface area contributed by atoms with Gasteiger partial charge < -0.3 is 15.1 Å². The lowest BCUT2D eigenvalue weighted by molar-refractivity contribution is 0.215. The van der Waals surface area contributed by atoms with Crippen LogP contribution in [0.15, 0.2) is 64.7 Å². The number of hydrogen-bond acceptors (Lipinski definition) is 5. The second-order valence-corrected chi connectivity index (χ2v) is 7.09. The van der Waals surface area contributed by atoms with E-state index in [-0.39, 0.29) is 30.0 Å². The summed E-state index contributed by atoms with van der Waals surface area (Å²) in [4.78, 5) is 10.8. The third-order valence-corrected chi connectivity index (χ3v) is 5.22. The molecule has 0 saturated carbocycles. The van der Waals surface area contributed by atoms with E-state index in [2.05, 4.69) is 48.8 Å². The van der Waals surface area contributed by atoms with Crippen molar-refractivity contribution in [1.29, 1.82) is 0 Å². The predicted octanol–water partition coefficient (Wildman–Crippen LogP) is 2.98. The van der Waals surface area contributed by atoms with Crippen molar-refractivity contribution in [2.24, 2.45) is 4.99 Å². The van der Waals surface area contributed by atoms with Crippen LogP contribution in [0.3, 0.4) is 0 Å². The highest BCUT2D eigenvalue weighted by atomic mass is 127.